The molecule has 0 saturated carbocycles. The van der Waals surface area contributed by atoms with Gasteiger partial charge in [-0.15, -0.1) is 0 Å². The number of carbonyl (C=O) groups excluding carboxylic acids is 1. The van der Waals surface area contributed by atoms with Crippen LogP contribution in [0, 0.1) is 18.3 Å². The number of carbonyl (C=O) groups is 1. The molecule has 3 rings (SSSR count). The van der Waals surface area contributed by atoms with E-state index < -0.39 is 5.56 Å². The number of benzene rings is 1. The summed E-state index contributed by atoms with van der Waals surface area (Å²) in [6.07, 6.45) is 1.23. The van der Waals surface area contributed by atoms with Gasteiger partial charge in [0.1, 0.15) is 11.1 Å². The highest BCUT2D eigenvalue weighted by Crippen LogP contribution is 2.24. The van der Waals surface area contributed by atoms with E-state index in [9.17, 15) is 9.59 Å². The number of nitrogens with one attached hydrogen (secondary N) is 1. The predicted molar refractivity (Wildman–Crippen MR) is 83.3 cm³/mol. The summed E-state index contributed by atoms with van der Waals surface area (Å²) in [4.78, 5) is 32.5. The summed E-state index contributed by atoms with van der Waals surface area (Å²) >= 11 is 0. The molecular weight excluding hydrogens is 296 g/mol. The summed E-state index contributed by atoms with van der Waals surface area (Å²) in [5.41, 5.74) is 0.982. The van der Waals surface area contributed by atoms with Crippen molar-refractivity contribution in [1.29, 1.82) is 5.26 Å². The van der Waals surface area contributed by atoms with Crippen molar-refractivity contribution in [3.05, 3.63) is 57.8 Å². The third kappa shape index (κ3) is 2.36. The largest absolute Gasteiger partial charge is 0.442 e. The van der Waals surface area contributed by atoms with Crippen molar-refractivity contribution < 1.29 is 9.21 Å². The average Bonchev–Trinajstić information content (AvgIpc) is 2.91. The maximum atomic E-state index is 12.8. The minimum atomic E-state index is -0.427. The van der Waals surface area contributed by atoms with E-state index in [4.69, 9.17) is 9.68 Å². The van der Waals surface area contributed by atoms with Crippen molar-refractivity contribution in [2.45, 2.75) is 6.92 Å². The number of aromatic amines is 1. The Hall–Kier alpha value is -3.40. The second-order valence-electron chi connectivity index (χ2n) is 4.97. The van der Waals surface area contributed by atoms with E-state index in [1.165, 1.54) is 11.2 Å². The van der Waals surface area contributed by atoms with Crippen LogP contribution in [-0.4, -0.2) is 22.9 Å². The smallest absolute Gasteiger partial charge is 0.262 e. The Balaban J connectivity index is 2.08. The number of rotatable bonds is 2. The van der Waals surface area contributed by atoms with Gasteiger partial charge in [0.05, 0.1) is 23.5 Å². The van der Waals surface area contributed by atoms with Gasteiger partial charge >= 0.3 is 0 Å². The monoisotopic (exact) mass is 308 g/mol. The van der Waals surface area contributed by atoms with Gasteiger partial charge in [0.25, 0.3) is 11.5 Å². The fraction of sp³-hybridized carbons (Fsp3) is 0.125. The van der Waals surface area contributed by atoms with Crippen molar-refractivity contribution in [3.8, 4) is 6.07 Å². The molecule has 1 amide bonds. The van der Waals surface area contributed by atoms with Gasteiger partial charge < -0.3 is 14.3 Å². The quantitative estimate of drug-likeness (QED) is 0.779. The van der Waals surface area contributed by atoms with Crippen molar-refractivity contribution in [1.82, 2.24) is 9.97 Å². The van der Waals surface area contributed by atoms with Crippen molar-refractivity contribution >= 4 is 22.7 Å². The zero-order chi connectivity index (χ0) is 16.6. The first-order valence-electron chi connectivity index (χ1n) is 6.78. The number of anilines is 1. The molecule has 0 aliphatic carbocycles. The number of nitriles is 1. The molecule has 2 heterocycles. The van der Waals surface area contributed by atoms with Crippen molar-refractivity contribution in [2.75, 3.05) is 11.9 Å². The van der Waals surface area contributed by atoms with E-state index in [0.29, 0.717) is 17.0 Å². The molecule has 0 radical (unpaired) electrons. The second kappa shape index (κ2) is 5.42. The molecule has 0 saturated heterocycles. The predicted octanol–water partition coefficient (Wildman–Crippen LogP) is 1.97. The molecule has 0 unspecified atom stereocenters. The lowest BCUT2D eigenvalue weighted by Gasteiger charge is -2.17. The molecule has 23 heavy (non-hydrogen) atoms. The Bertz CT molecular complexity index is 993. The minimum Gasteiger partial charge on any atom is -0.442 e. The van der Waals surface area contributed by atoms with Gasteiger partial charge in [0.2, 0.25) is 5.71 Å². The highest BCUT2D eigenvalue weighted by Gasteiger charge is 2.24. The highest BCUT2D eigenvalue weighted by molar-refractivity contribution is 6.13. The molecular formula is C16H12N4O3. The standard InChI is InChI=1S/C16H12N4O3/c1-9-12(13-14(21)18-8-19-15(13)23-9)16(22)20(2)11-5-3-10(7-17)4-6-11/h3-6,8H,1-2H3,(H,18,19,21). The number of aromatic nitrogens is 2. The number of fused-ring (bicyclic) bond motifs is 1. The summed E-state index contributed by atoms with van der Waals surface area (Å²) < 4.78 is 5.40. The van der Waals surface area contributed by atoms with Crippen LogP contribution in [0.1, 0.15) is 21.7 Å². The van der Waals surface area contributed by atoms with Crippen LogP contribution in [0.4, 0.5) is 5.69 Å². The first kappa shape index (κ1) is 14.5. The van der Waals surface area contributed by atoms with E-state index in [0.717, 1.165) is 0 Å². The van der Waals surface area contributed by atoms with Crippen LogP contribution < -0.4 is 10.5 Å². The van der Waals surface area contributed by atoms with Gasteiger partial charge in [-0.25, -0.2) is 4.98 Å². The Labute approximate surface area is 130 Å². The number of furan rings is 1. The van der Waals surface area contributed by atoms with E-state index in [1.54, 1.807) is 38.2 Å². The second-order valence-corrected chi connectivity index (χ2v) is 4.97. The van der Waals surface area contributed by atoms with E-state index >= 15 is 0 Å². The van der Waals surface area contributed by atoms with Gasteiger partial charge in [0.15, 0.2) is 0 Å². The molecule has 1 aromatic carbocycles. The summed E-state index contributed by atoms with van der Waals surface area (Å²) in [6.45, 7) is 1.61. The van der Waals surface area contributed by atoms with Crippen LogP contribution in [0.2, 0.25) is 0 Å². The zero-order valence-corrected chi connectivity index (χ0v) is 12.5. The SMILES string of the molecule is Cc1oc2nc[nH]c(=O)c2c1C(=O)N(C)c1ccc(C#N)cc1. The number of hydrogen-bond donors (Lipinski definition) is 1. The van der Waals surface area contributed by atoms with Gasteiger partial charge in [-0.2, -0.15) is 5.26 Å². The molecule has 7 heteroatoms. The molecule has 0 bridgehead atoms. The average molecular weight is 308 g/mol. The fourth-order valence-corrected chi connectivity index (χ4v) is 2.36. The number of nitrogens with zero attached hydrogens (tertiary/aromatic N) is 3. The normalized spacial score (nSPS) is 10.5. The Morgan fingerprint density at radius 1 is 1.35 bits per heavy atom. The summed E-state index contributed by atoms with van der Waals surface area (Å²) in [5.74, 6) is -0.0563. The lowest BCUT2D eigenvalue weighted by Crippen LogP contribution is -2.27. The van der Waals surface area contributed by atoms with E-state index in [-0.39, 0.29) is 22.6 Å². The van der Waals surface area contributed by atoms with Gasteiger partial charge in [-0.05, 0) is 31.2 Å². The number of aryl methyl sites for hydroxylation is 1. The first-order chi connectivity index (χ1) is 11.0. The van der Waals surface area contributed by atoms with Crippen LogP contribution in [0.5, 0.6) is 0 Å². The number of H-pyrrole nitrogens is 1. The van der Waals surface area contributed by atoms with Crippen molar-refractivity contribution in [2.24, 2.45) is 0 Å². The Kier molecular flexibility index (Phi) is 3.43. The molecule has 2 aromatic heterocycles. The van der Waals surface area contributed by atoms with Crippen LogP contribution >= 0.6 is 0 Å². The maximum absolute atomic E-state index is 12.8. The third-order valence-electron chi connectivity index (χ3n) is 3.57. The Morgan fingerprint density at radius 2 is 2.04 bits per heavy atom. The zero-order valence-electron chi connectivity index (χ0n) is 12.5. The molecule has 0 fully saturated rings. The van der Waals surface area contributed by atoms with Crippen LogP contribution in [0.25, 0.3) is 11.1 Å². The molecule has 0 atom stereocenters. The van der Waals surface area contributed by atoms with Crippen LogP contribution in [-0.2, 0) is 0 Å². The lowest BCUT2D eigenvalue weighted by atomic mass is 10.1. The maximum Gasteiger partial charge on any atom is 0.262 e. The number of hydrogen-bond acceptors (Lipinski definition) is 5. The molecule has 0 spiro atoms. The first-order valence-corrected chi connectivity index (χ1v) is 6.78. The molecule has 0 aliphatic heterocycles. The van der Waals surface area contributed by atoms with Gasteiger partial charge in [-0.1, -0.05) is 0 Å². The van der Waals surface area contributed by atoms with Crippen LogP contribution in [0.3, 0.4) is 0 Å². The molecule has 114 valence electrons. The highest BCUT2D eigenvalue weighted by atomic mass is 16.3. The molecule has 7 nitrogen and oxygen atoms in total. The summed E-state index contributed by atoms with van der Waals surface area (Å²) in [7, 11) is 1.59. The topological polar surface area (TPSA) is 103 Å². The molecule has 1 N–H and O–H groups in total. The summed E-state index contributed by atoms with van der Waals surface area (Å²) in [5, 5.41) is 8.96. The summed E-state index contributed by atoms with van der Waals surface area (Å²) in [6, 6.07) is 8.58. The van der Waals surface area contributed by atoms with Crippen molar-refractivity contribution in [3.63, 3.8) is 0 Å². The third-order valence-corrected chi connectivity index (χ3v) is 3.57. The van der Waals surface area contributed by atoms with Crippen LogP contribution in [0.15, 0.2) is 39.8 Å². The lowest BCUT2D eigenvalue weighted by molar-refractivity contribution is 0.0993. The Morgan fingerprint density at radius 3 is 2.70 bits per heavy atom. The molecule has 3 aromatic rings. The van der Waals surface area contributed by atoms with Gasteiger partial charge in [0, 0.05) is 12.7 Å². The van der Waals surface area contributed by atoms with E-state index in [1.807, 2.05) is 6.07 Å². The van der Waals surface area contributed by atoms with Gasteiger partial charge in [-0.3, -0.25) is 9.59 Å². The minimum absolute atomic E-state index is 0.128. The van der Waals surface area contributed by atoms with E-state index in [2.05, 4.69) is 9.97 Å². The fourth-order valence-electron chi connectivity index (χ4n) is 2.36. The number of amides is 1. The molecule has 0 aliphatic rings.